The van der Waals surface area contributed by atoms with Gasteiger partial charge in [0.1, 0.15) is 17.4 Å². The number of alkyl halides is 3. The molecule has 7 nitrogen and oxygen atoms in total. The number of carbonyl (C=O) groups is 2. The van der Waals surface area contributed by atoms with Crippen molar-refractivity contribution in [2.45, 2.75) is 19.1 Å². The number of halogens is 3. The van der Waals surface area contributed by atoms with E-state index in [0.29, 0.717) is 6.07 Å². The van der Waals surface area contributed by atoms with E-state index >= 15 is 0 Å². The monoisotopic (exact) mass is 372 g/mol. The number of esters is 1. The quantitative estimate of drug-likeness (QED) is 0.797. The normalized spacial score (nSPS) is 12.7. The molecule has 2 aromatic rings. The standard InChI is InChI=1S/C16H15F3N2O5/c1-7(15(25)26-3)20-13(23)11-12(22)9-5-4-8(16(17,18)19)6-10(9)21(2)14(11)24/h4-7,22H,1-3H3,(H,20,23)/t7-/m0/s1. The lowest BCUT2D eigenvalue weighted by molar-refractivity contribution is -0.142. The number of aromatic hydroxyl groups is 1. The summed E-state index contributed by atoms with van der Waals surface area (Å²) in [5, 5.41) is 12.3. The predicted molar refractivity (Wildman–Crippen MR) is 84.8 cm³/mol. The van der Waals surface area contributed by atoms with E-state index in [4.69, 9.17) is 0 Å². The van der Waals surface area contributed by atoms with Crippen LogP contribution in [0.4, 0.5) is 13.2 Å². The third-order valence-electron chi connectivity index (χ3n) is 3.83. The van der Waals surface area contributed by atoms with Gasteiger partial charge >= 0.3 is 12.1 Å². The molecule has 1 amide bonds. The molecule has 0 bridgehead atoms. The fourth-order valence-corrected chi connectivity index (χ4v) is 2.41. The Labute approximate surface area is 145 Å². The molecule has 2 N–H and O–H groups in total. The van der Waals surface area contributed by atoms with Crippen LogP contribution in [0.1, 0.15) is 22.8 Å². The Morgan fingerprint density at radius 1 is 1.31 bits per heavy atom. The number of pyridine rings is 1. The van der Waals surface area contributed by atoms with E-state index in [-0.39, 0.29) is 10.9 Å². The Bertz CT molecular complexity index is 950. The first-order valence-corrected chi connectivity index (χ1v) is 7.30. The van der Waals surface area contributed by atoms with Gasteiger partial charge in [0.2, 0.25) is 0 Å². The van der Waals surface area contributed by atoms with Crippen molar-refractivity contribution in [2.24, 2.45) is 7.05 Å². The molecule has 0 saturated heterocycles. The molecule has 0 fully saturated rings. The van der Waals surface area contributed by atoms with Crippen molar-refractivity contribution in [1.82, 2.24) is 9.88 Å². The molecule has 1 atom stereocenters. The van der Waals surface area contributed by atoms with Crippen molar-refractivity contribution >= 4 is 22.8 Å². The summed E-state index contributed by atoms with van der Waals surface area (Å²) in [6.45, 7) is 1.31. The minimum absolute atomic E-state index is 0.115. The summed E-state index contributed by atoms with van der Waals surface area (Å²) < 4.78 is 43.8. The minimum atomic E-state index is -4.63. The molecule has 140 valence electrons. The van der Waals surface area contributed by atoms with Crippen molar-refractivity contribution in [2.75, 3.05) is 7.11 Å². The molecular weight excluding hydrogens is 357 g/mol. The Morgan fingerprint density at radius 2 is 1.92 bits per heavy atom. The number of benzene rings is 1. The molecule has 0 aliphatic rings. The van der Waals surface area contributed by atoms with Crippen LogP contribution in [-0.2, 0) is 22.8 Å². The van der Waals surface area contributed by atoms with Crippen LogP contribution in [0.15, 0.2) is 23.0 Å². The maximum absolute atomic E-state index is 12.9. The Kier molecular flexibility index (Phi) is 4.97. The summed E-state index contributed by atoms with van der Waals surface area (Å²) >= 11 is 0. The van der Waals surface area contributed by atoms with Gasteiger partial charge in [0.15, 0.2) is 0 Å². The fraction of sp³-hybridized carbons (Fsp3) is 0.312. The summed E-state index contributed by atoms with van der Waals surface area (Å²) in [5.74, 6) is -2.60. The number of rotatable bonds is 3. The van der Waals surface area contributed by atoms with E-state index in [1.165, 1.54) is 14.0 Å². The Morgan fingerprint density at radius 3 is 2.46 bits per heavy atom. The molecule has 2 rings (SSSR count). The lowest BCUT2D eigenvalue weighted by Gasteiger charge is -2.15. The van der Waals surface area contributed by atoms with Crippen LogP contribution in [0.25, 0.3) is 10.9 Å². The highest BCUT2D eigenvalue weighted by Crippen LogP contribution is 2.33. The van der Waals surface area contributed by atoms with Crippen LogP contribution < -0.4 is 10.9 Å². The average Bonchev–Trinajstić information content (AvgIpc) is 2.57. The molecule has 1 aromatic heterocycles. The van der Waals surface area contributed by atoms with Crippen LogP contribution in [-0.4, -0.2) is 34.7 Å². The molecular formula is C16H15F3N2O5. The summed E-state index contributed by atoms with van der Waals surface area (Å²) in [7, 11) is 2.28. The summed E-state index contributed by atoms with van der Waals surface area (Å²) in [6, 6.07) is 1.30. The van der Waals surface area contributed by atoms with Gasteiger partial charge in [-0.05, 0) is 25.1 Å². The van der Waals surface area contributed by atoms with Crippen LogP contribution in [0.2, 0.25) is 0 Å². The van der Waals surface area contributed by atoms with E-state index in [9.17, 15) is 32.7 Å². The van der Waals surface area contributed by atoms with Crippen molar-refractivity contribution in [3.63, 3.8) is 0 Å². The van der Waals surface area contributed by atoms with E-state index in [1.807, 2.05) is 0 Å². The number of nitrogens with one attached hydrogen (secondary N) is 1. The van der Waals surface area contributed by atoms with Crippen LogP contribution in [0.3, 0.4) is 0 Å². The smallest absolute Gasteiger partial charge is 0.416 e. The molecule has 1 heterocycles. The average molecular weight is 372 g/mol. The van der Waals surface area contributed by atoms with Crippen molar-refractivity contribution in [1.29, 1.82) is 0 Å². The van der Waals surface area contributed by atoms with Crippen LogP contribution >= 0.6 is 0 Å². The molecule has 0 radical (unpaired) electrons. The summed E-state index contributed by atoms with van der Waals surface area (Å²) in [6.07, 6.45) is -4.63. The van der Waals surface area contributed by atoms with Crippen molar-refractivity contribution in [3.8, 4) is 5.75 Å². The second-order valence-corrected chi connectivity index (χ2v) is 5.54. The number of aromatic nitrogens is 1. The number of carbonyl (C=O) groups excluding carboxylic acids is 2. The van der Waals surface area contributed by atoms with Gasteiger partial charge in [-0.1, -0.05) is 0 Å². The molecule has 0 saturated carbocycles. The van der Waals surface area contributed by atoms with Gasteiger partial charge in [0, 0.05) is 12.4 Å². The number of hydrogen-bond donors (Lipinski definition) is 2. The number of ether oxygens (including phenoxy) is 1. The SMILES string of the molecule is COC(=O)[C@H](C)NC(=O)c1c(O)c2ccc(C(F)(F)F)cc2n(C)c1=O. The molecule has 1 aromatic carbocycles. The maximum Gasteiger partial charge on any atom is 0.416 e. The van der Waals surface area contributed by atoms with E-state index in [1.54, 1.807) is 0 Å². The zero-order valence-corrected chi connectivity index (χ0v) is 14.0. The number of methoxy groups -OCH3 is 1. The number of amides is 1. The van der Waals surface area contributed by atoms with Crippen molar-refractivity contribution in [3.05, 3.63) is 39.7 Å². The largest absolute Gasteiger partial charge is 0.506 e. The lowest BCUT2D eigenvalue weighted by atomic mass is 10.1. The van der Waals surface area contributed by atoms with Gasteiger partial charge in [-0.15, -0.1) is 0 Å². The molecule has 0 aliphatic carbocycles. The van der Waals surface area contributed by atoms with Crippen molar-refractivity contribution < 1.29 is 32.6 Å². The first-order valence-electron chi connectivity index (χ1n) is 7.30. The highest BCUT2D eigenvalue weighted by Gasteiger charge is 2.32. The van der Waals surface area contributed by atoms with Gasteiger partial charge in [-0.2, -0.15) is 13.2 Å². The molecule has 0 spiro atoms. The molecule has 26 heavy (non-hydrogen) atoms. The second-order valence-electron chi connectivity index (χ2n) is 5.54. The third kappa shape index (κ3) is 3.35. The first-order chi connectivity index (χ1) is 12.0. The van der Waals surface area contributed by atoms with Crippen LogP contribution in [0.5, 0.6) is 5.75 Å². The Balaban J connectivity index is 2.61. The third-order valence-corrected chi connectivity index (χ3v) is 3.83. The summed E-state index contributed by atoms with van der Waals surface area (Å²) in [4.78, 5) is 36.0. The van der Waals surface area contributed by atoms with Gasteiger partial charge in [-0.25, -0.2) is 4.79 Å². The number of aryl methyl sites for hydroxylation is 1. The predicted octanol–water partition coefficient (Wildman–Crippen LogP) is 1.55. The second kappa shape index (κ2) is 6.70. The summed E-state index contributed by atoms with van der Waals surface area (Å²) in [5.41, 5.74) is -2.89. The van der Waals surface area contributed by atoms with Gasteiger partial charge in [-0.3, -0.25) is 9.59 Å². The Hall–Kier alpha value is -3.04. The van der Waals surface area contributed by atoms with Gasteiger partial charge < -0.3 is 19.7 Å². The first kappa shape index (κ1) is 19.3. The zero-order chi connectivity index (χ0) is 19.8. The molecule has 10 heteroatoms. The lowest BCUT2D eigenvalue weighted by Crippen LogP contribution is -2.41. The van der Waals surface area contributed by atoms with E-state index in [0.717, 1.165) is 23.8 Å². The van der Waals surface area contributed by atoms with Gasteiger partial charge in [0.25, 0.3) is 11.5 Å². The zero-order valence-electron chi connectivity index (χ0n) is 14.0. The topological polar surface area (TPSA) is 97.6 Å². The van der Waals surface area contributed by atoms with E-state index < -0.39 is 46.5 Å². The molecule has 0 unspecified atom stereocenters. The van der Waals surface area contributed by atoms with Crippen LogP contribution in [0, 0.1) is 0 Å². The minimum Gasteiger partial charge on any atom is -0.506 e. The number of nitrogens with zero attached hydrogens (tertiary/aromatic N) is 1. The fourth-order valence-electron chi connectivity index (χ4n) is 2.41. The number of fused-ring (bicyclic) bond motifs is 1. The number of hydrogen-bond acceptors (Lipinski definition) is 5. The van der Waals surface area contributed by atoms with E-state index in [2.05, 4.69) is 10.1 Å². The maximum atomic E-state index is 12.9. The highest BCUT2D eigenvalue weighted by molar-refractivity contribution is 6.03. The van der Waals surface area contributed by atoms with Gasteiger partial charge in [0.05, 0.1) is 18.2 Å². The highest BCUT2D eigenvalue weighted by atomic mass is 19.4. The molecule has 0 aliphatic heterocycles.